The zero-order chi connectivity index (χ0) is 22.4. The fourth-order valence-corrected chi connectivity index (χ4v) is 3.19. The number of aromatic nitrogens is 2. The molecule has 1 N–H and O–H groups in total. The molecule has 3 aromatic rings. The molecule has 3 rings (SSSR count). The zero-order valence-electron chi connectivity index (χ0n) is 17.1. The SMILES string of the molecule is Cc1nn(Cc2ccccc2Cl)c(C)c1/C=C/C(=O)OCC(=O)Nc1cccc(F)c1. The first-order chi connectivity index (χ1) is 14.8. The number of esters is 1. The molecular formula is C23H21ClFN3O3. The Balaban J connectivity index is 1.58. The van der Waals surface area contributed by atoms with Crippen molar-refractivity contribution in [1.29, 1.82) is 0 Å². The molecule has 0 saturated heterocycles. The molecule has 8 heteroatoms. The van der Waals surface area contributed by atoms with Crippen molar-refractivity contribution >= 4 is 35.2 Å². The third kappa shape index (κ3) is 6.02. The van der Waals surface area contributed by atoms with Crippen molar-refractivity contribution in [2.75, 3.05) is 11.9 Å². The minimum atomic E-state index is -0.674. The first-order valence-electron chi connectivity index (χ1n) is 9.51. The van der Waals surface area contributed by atoms with Gasteiger partial charge in [-0.3, -0.25) is 9.48 Å². The maximum atomic E-state index is 13.1. The Morgan fingerprint density at radius 2 is 1.97 bits per heavy atom. The third-order valence-electron chi connectivity index (χ3n) is 4.56. The number of benzene rings is 2. The van der Waals surface area contributed by atoms with Crippen molar-refractivity contribution < 1.29 is 18.7 Å². The van der Waals surface area contributed by atoms with Gasteiger partial charge in [0, 0.05) is 28.0 Å². The number of rotatable bonds is 7. The lowest BCUT2D eigenvalue weighted by atomic mass is 10.1. The number of nitrogens with zero attached hydrogens (tertiary/aromatic N) is 2. The molecule has 0 saturated carbocycles. The molecule has 2 aromatic carbocycles. The summed E-state index contributed by atoms with van der Waals surface area (Å²) in [6.45, 7) is 3.76. The van der Waals surface area contributed by atoms with Crippen LogP contribution in [0.2, 0.25) is 5.02 Å². The summed E-state index contributed by atoms with van der Waals surface area (Å²) in [4.78, 5) is 23.9. The highest BCUT2D eigenvalue weighted by Crippen LogP contribution is 2.20. The van der Waals surface area contributed by atoms with Crippen LogP contribution < -0.4 is 5.32 Å². The lowest BCUT2D eigenvalue weighted by Gasteiger charge is -2.06. The molecule has 0 spiro atoms. The standard InChI is InChI=1S/C23H21ClFN3O3/c1-15-20(16(2)28(27-15)13-17-6-3-4-9-21(17)24)10-11-23(30)31-14-22(29)26-19-8-5-7-18(25)12-19/h3-12H,13-14H2,1-2H3,(H,26,29)/b11-10+. The summed E-state index contributed by atoms with van der Waals surface area (Å²) in [7, 11) is 0. The van der Waals surface area contributed by atoms with Gasteiger partial charge in [-0.05, 0) is 49.8 Å². The molecule has 1 heterocycles. The number of hydrogen-bond acceptors (Lipinski definition) is 4. The second-order valence-electron chi connectivity index (χ2n) is 6.83. The van der Waals surface area contributed by atoms with E-state index in [9.17, 15) is 14.0 Å². The highest BCUT2D eigenvalue weighted by Gasteiger charge is 2.12. The average Bonchev–Trinajstić information content (AvgIpc) is 2.99. The molecular weight excluding hydrogens is 421 g/mol. The van der Waals surface area contributed by atoms with Gasteiger partial charge in [-0.25, -0.2) is 9.18 Å². The molecule has 0 aliphatic rings. The highest BCUT2D eigenvalue weighted by molar-refractivity contribution is 6.31. The largest absolute Gasteiger partial charge is 0.452 e. The van der Waals surface area contributed by atoms with Gasteiger partial charge in [0.05, 0.1) is 12.2 Å². The number of halogens is 2. The van der Waals surface area contributed by atoms with Crippen molar-refractivity contribution in [1.82, 2.24) is 9.78 Å². The number of anilines is 1. The number of nitrogens with one attached hydrogen (secondary N) is 1. The minimum absolute atomic E-state index is 0.286. The van der Waals surface area contributed by atoms with E-state index in [0.29, 0.717) is 11.6 Å². The topological polar surface area (TPSA) is 73.2 Å². The van der Waals surface area contributed by atoms with Crippen LogP contribution in [0.3, 0.4) is 0 Å². The van der Waals surface area contributed by atoms with Crippen LogP contribution in [-0.2, 0) is 20.9 Å². The molecule has 0 aliphatic heterocycles. The van der Waals surface area contributed by atoms with Crippen LogP contribution in [-0.4, -0.2) is 28.3 Å². The van der Waals surface area contributed by atoms with Crippen LogP contribution >= 0.6 is 11.6 Å². The molecule has 0 unspecified atom stereocenters. The van der Waals surface area contributed by atoms with Gasteiger partial charge in [-0.15, -0.1) is 0 Å². The van der Waals surface area contributed by atoms with Crippen LogP contribution in [0.5, 0.6) is 0 Å². The van der Waals surface area contributed by atoms with Crippen LogP contribution in [0, 0.1) is 19.7 Å². The predicted octanol–water partition coefficient (Wildman–Crippen LogP) is 4.54. The first kappa shape index (κ1) is 22.2. The molecule has 0 radical (unpaired) electrons. The Labute approximate surface area is 184 Å². The molecule has 6 nitrogen and oxygen atoms in total. The van der Waals surface area contributed by atoms with Gasteiger partial charge in [-0.1, -0.05) is 35.9 Å². The van der Waals surface area contributed by atoms with E-state index in [-0.39, 0.29) is 5.69 Å². The summed E-state index contributed by atoms with van der Waals surface area (Å²) >= 11 is 6.23. The maximum Gasteiger partial charge on any atom is 0.331 e. The minimum Gasteiger partial charge on any atom is -0.452 e. The number of carbonyl (C=O) groups is 2. The fraction of sp³-hybridized carbons (Fsp3) is 0.174. The van der Waals surface area contributed by atoms with Gasteiger partial charge in [0.25, 0.3) is 5.91 Å². The molecule has 0 atom stereocenters. The number of hydrogen-bond donors (Lipinski definition) is 1. The van der Waals surface area contributed by atoms with Gasteiger partial charge in [0.15, 0.2) is 6.61 Å². The van der Waals surface area contributed by atoms with Gasteiger partial charge < -0.3 is 10.1 Å². The van der Waals surface area contributed by atoms with Gasteiger partial charge in [0.1, 0.15) is 5.82 Å². The summed E-state index contributed by atoms with van der Waals surface area (Å²) in [5, 5.41) is 7.63. The second kappa shape index (κ2) is 10.0. The lowest BCUT2D eigenvalue weighted by molar-refractivity contribution is -0.142. The summed E-state index contributed by atoms with van der Waals surface area (Å²) in [6.07, 6.45) is 2.85. The van der Waals surface area contributed by atoms with E-state index in [1.807, 2.05) is 42.8 Å². The lowest BCUT2D eigenvalue weighted by Crippen LogP contribution is -2.20. The van der Waals surface area contributed by atoms with Crippen molar-refractivity contribution in [3.8, 4) is 0 Å². The van der Waals surface area contributed by atoms with E-state index in [1.165, 1.54) is 30.3 Å². The Bertz CT molecular complexity index is 1140. The van der Waals surface area contributed by atoms with Crippen molar-refractivity contribution in [3.63, 3.8) is 0 Å². The van der Waals surface area contributed by atoms with E-state index in [4.69, 9.17) is 16.3 Å². The fourth-order valence-electron chi connectivity index (χ4n) is 2.99. The third-order valence-corrected chi connectivity index (χ3v) is 4.92. The van der Waals surface area contributed by atoms with Crippen molar-refractivity contribution in [3.05, 3.63) is 88.0 Å². The molecule has 1 aromatic heterocycles. The van der Waals surface area contributed by atoms with Gasteiger partial charge >= 0.3 is 5.97 Å². The number of carbonyl (C=O) groups excluding carboxylic acids is 2. The Kier molecular flexibility index (Phi) is 7.20. The molecule has 0 fully saturated rings. The maximum absolute atomic E-state index is 13.1. The predicted molar refractivity (Wildman–Crippen MR) is 117 cm³/mol. The quantitative estimate of drug-likeness (QED) is 0.431. The average molecular weight is 442 g/mol. The molecule has 160 valence electrons. The van der Waals surface area contributed by atoms with Crippen LogP contribution in [0.1, 0.15) is 22.5 Å². The first-order valence-corrected chi connectivity index (χ1v) is 9.89. The smallest absolute Gasteiger partial charge is 0.331 e. The number of aryl methyl sites for hydroxylation is 1. The van der Waals surface area contributed by atoms with Crippen molar-refractivity contribution in [2.45, 2.75) is 20.4 Å². The Hall–Kier alpha value is -3.45. The summed E-state index contributed by atoms with van der Waals surface area (Å²) < 4.78 is 19.9. The summed E-state index contributed by atoms with van der Waals surface area (Å²) in [6, 6.07) is 13.0. The van der Waals surface area contributed by atoms with Crippen LogP contribution in [0.4, 0.5) is 10.1 Å². The van der Waals surface area contributed by atoms with E-state index >= 15 is 0 Å². The van der Waals surface area contributed by atoms with Crippen molar-refractivity contribution in [2.24, 2.45) is 0 Å². The molecule has 0 aliphatic carbocycles. The Morgan fingerprint density at radius 3 is 2.71 bits per heavy atom. The molecule has 31 heavy (non-hydrogen) atoms. The highest BCUT2D eigenvalue weighted by atomic mass is 35.5. The van der Waals surface area contributed by atoms with Gasteiger partial charge in [-0.2, -0.15) is 5.10 Å². The van der Waals surface area contributed by atoms with Gasteiger partial charge in [0.2, 0.25) is 0 Å². The van der Waals surface area contributed by atoms with E-state index in [1.54, 1.807) is 6.08 Å². The number of ether oxygens (including phenoxy) is 1. The zero-order valence-corrected chi connectivity index (χ0v) is 17.8. The monoisotopic (exact) mass is 441 g/mol. The van der Waals surface area contributed by atoms with E-state index in [2.05, 4.69) is 10.4 Å². The summed E-state index contributed by atoms with van der Waals surface area (Å²) in [5.41, 5.74) is 3.62. The van der Waals surface area contributed by atoms with Crippen LogP contribution in [0.25, 0.3) is 6.08 Å². The molecule has 1 amide bonds. The summed E-state index contributed by atoms with van der Waals surface area (Å²) in [5.74, 6) is -1.71. The Morgan fingerprint density at radius 1 is 1.19 bits per heavy atom. The van der Waals surface area contributed by atoms with E-state index in [0.717, 1.165) is 22.5 Å². The normalized spacial score (nSPS) is 11.0. The van der Waals surface area contributed by atoms with E-state index < -0.39 is 24.3 Å². The second-order valence-corrected chi connectivity index (χ2v) is 7.24. The molecule has 0 bridgehead atoms. The number of amides is 1. The van der Waals surface area contributed by atoms with Crippen LogP contribution in [0.15, 0.2) is 54.6 Å².